The molecule has 5 nitrogen and oxygen atoms in total. The van der Waals surface area contributed by atoms with E-state index in [0.717, 1.165) is 12.8 Å². The molecule has 0 aliphatic rings. The quantitative estimate of drug-likeness (QED) is 0.699. The van der Waals surface area contributed by atoms with Crippen LogP contribution < -0.4 is 10.6 Å². The highest BCUT2D eigenvalue weighted by atomic mass is 16.4. The standard InChI is InChI=1S/C15H22N2O3/c1-10(2)5-4-8-16-15(20)17-12-7-6-11(3)13(9-12)14(18)19/h6-7,9-10H,4-5,8H2,1-3H3,(H,18,19)(H2,16,17,20). The normalized spacial score (nSPS) is 10.4. The fourth-order valence-corrected chi connectivity index (χ4v) is 1.82. The van der Waals surface area contributed by atoms with Crippen molar-refractivity contribution in [3.8, 4) is 0 Å². The second-order valence-corrected chi connectivity index (χ2v) is 5.25. The Balaban J connectivity index is 2.50. The van der Waals surface area contributed by atoms with Crippen molar-refractivity contribution < 1.29 is 14.7 Å². The van der Waals surface area contributed by atoms with Gasteiger partial charge >= 0.3 is 12.0 Å². The number of benzene rings is 1. The van der Waals surface area contributed by atoms with Gasteiger partial charge < -0.3 is 15.7 Å². The van der Waals surface area contributed by atoms with Crippen molar-refractivity contribution >= 4 is 17.7 Å². The van der Waals surface area contributed by atoms with Crippen LogP contribution in [0.5, 0.6) is 0 Å². The Morgan fingerprint density at radius 2 is 2.00 bits per heavy atom. The molecule has 0 aromatic heterocycles. The molecular formula is C15H22N2O3. The average molecular weight is 278 g/mol. The number of nitrogens with one attached hydrogen (secondary N) is 2. The largest absolute Gasteiger partial charge is 0.478 e. The maximum atomic E-state index is 11.7. The molecule has 110 valence electrons. The lowest BCUT2D eigenvalue weighted by atomic mass is 10.1. The van der Waals surface area contributed by atoms with Crippen LogP contribution in [0.3, 0.4) is 0 Å². The van der Waals surface area contributed by atoms with Crippen molar-refractivity contribution in [1.29, 1.82) is 0 Å². The second-order valence-electron chi connectivity index (χ2n) is 5.25. The Morgan fingerprint density at radius 3 is 2.60 bits per heavy atom. The number of carbonyl (C=O) groups excluding carboxylic acids is 1. The van der Waals surface area contributed by atoms with E-state index in [9.17, 15) is 9.59 Å². The fraction of sp³-hybridized carbons (Fsp3) is 0.467. The van der Waals surface area contributed by atoms with E-state index in [2.05, 4.69) is 24.5 Å². The SMILES string of the molecule is Cc1ccc(NC(=O)NCCCC(C)C)cc1C(=O)O. The molecule has 0 saturated heterocycles. The molecule has 0 saturated carbocycles. The minimum Gasteiger partial charge on any atom is -0.478 e. The zero-order valence-electron chi connectivity index (χ0n) is 12.2. The van der Waals surface area contributed by atoms with E-state index in [1.807, 2.05) is 0 Å². The minimum atomic E-state index is -0.997. The molecule has 20 heavy (non-hydrogen) atoms. The number of aryl methyl sites for hydroxylation is 1. The highest BCUT2D eigenvalue weighted by Crippen LogP contribution is 2.15. The van der Waals surface area contributed by atoms with Crippen molar-refractivity contribution in [1.82, 2.24) is 5.32 Å². The predicted octanol–water partition coefficient (Wildman–Crippen LogP) is 3.25. The van der Waals surface area contributed by atoms with Gasteiger partial charge in [-0.2, -0.15) is 0 Å². The molecule has 0 aliphatic heterocycles. The number of aromatic carboxylic acids is 1. The number of anilines is 1. The predicted molar refractivity (Wildman–Crippen MR) is 79.2 cm³/mol. The van der Waals surface area contributed by atoms with E-state index < -0.39 is 5.97 Å². The smallest absolute Gasteiger partial charge is 0.336 e. The van der Waals surface area contributed by atoms with Gasteiger partial charge in [-0.05, 0) is 43.4 Å². The third-order valence-corrected chi connectivity index (χ3v) is 2.97. The van der Waals surface area contributed by atoms with Crippen LogP contribution in [0, 0.1) is 12.8 Å². The summed E-state index contributed by atoms with van der Waals surface area (Å²) >= 11 is 0. The van der Waals surface area contributed by atoms with E-state index in [4.69, 9.17) is 5.11 Å². The molecule has 0 fully saturated rings. The van der Waals surface area contributed by atoms with Crippen LogP contribution in [0.25, 0.3) is 0 Å². The van der Waals surface area contributed by atoms with E-state index in [1.165, 1.54) is 6.07 Å². The van der Waals surface area contributed by atoms with Crippen molar-refractivity contribution in [3.63, 3.8) is 0 Å². The maximum Gasteiger partial charge on any atom is 0.336 e. The molecule has 0 atom stereocenters. The van der Waals surface area contributed by atoms with Crippen LogP contribution in [-0.4, -0.2) is 23.7 Å². The number of rotatable bonds is 6. The highest BCUT2D eigenvalue weighted by Gasteiger charge is 2.09. The molecule has 0 bridgehead atoms. The Morgan fingerprint density at radius 1 is 1.30 bits per heavy atom. The Bertz CT molecular complexity index is 484. The van der Waals surface area contributed by atoms with E-state index in [-0.39, 0.29) is 11.6 Å². The van der Waals surface area contributed by atoms with Crippen molar-refractivity contribution in [2.75, 3.05) is 11.9 Å². The van der Waals surface area contributed by atoms with Gasteiger partial charge in [-0.3, -0.25) is 0 Å². The van der Waals surface area contributed by atoms with Crippen LogP contribution in [0.15, 0.2) is 18.2 Å². The summed E-state index contributed by atoms with van der Waals surface area (Å²) < 4.78 is 0. The summed E-state index contributed by atoms with van der Waals surface area (Å²) in [6, 6.07) is 4.52. The zero-order chi connectivity index (χ0) is 15.1. The van der Waals surface area contributed by atoms with Gasteiger partial charge in [0.15, 0.2) is 0 Å². The lowest BCUT2D eigenvalue weighted by molar-refractivity contribution is 0.0696. The first kappa shape index (κ1) is 16.0. The van der Waals surface area contributed by atoms with Crippen molar-refractivity contribution in [3.05, 3.63) is 29.3 Å². The molecule has 0 aliphatic carbocycles. The summed E-state index contributed by atoms with van der Waals surface area (Å²) in [5, 5.41) is 14.4. The van der Waals surface area contributed by atoms with Crippen molar-refractivity contribution in [2.24, 2.45) is 5.92 Å². The lowest BCUT2D eigenvalue weighted by Gasteiger charge is -2.10. The number of carbonyl (C=O) groups is 2. The van der Waals surface area contributed by atoms with Gasteiger partial charge in [-0.1, -0.05) is 19.9 Å². The summed E-state index contributed by atoms with van der Waals surface area (Å²) in [7, 11) is 0. The summed E-state index contributed by atoms with van der Waals surface area (Å²) in [4.78, 5) is 22.7. The minimum absolute atomic E-state index is 0.197. The number of carboxylic acids is 1. The number of hydrogen-bond donors (Lipinski definition) is 3. The first-order valence-corrected chi connectivity index (χ1v) is 6.79. The van der Waals surface area contributed by atoms with E-state index in [0.29, 0.717) is 23.7 Å². The molecule has 0 spiro atoms. The summed E-state index contributed by atoms with van der Waals surface area (Å²) in [6.45, 7) is 6.61. The average Bonchev–Trinajstić information content (AvgIpc) is 2.36. The lowest BCUT2D eigenvalue weighted by Crippen LogP contribution is -2.29. The van der Waals surface area contributed by atoms with Crippen LogP contribution in [0.1, 0.15) is 42.6 Å². The molecule has 0 radical (unpaired) electrons. The fourth-order valence-electron chi connectivity index (χ4n) is 1.82. The van der Waals surface area contributed by atoms with E-state index >= 15 is 0 Å². The monoisotopic (exact) mass is 278 g/mol. The van der Waals surface area contributed by atoms with Gasteiger partial charge in [0.25, 0.3) is 0 Å². The summed E-state index contributed by atoms with van der Waals surface area (Å²) in [6.07, 6.45) is 1.99. The van der Waals surface area contributed by atoms with Gasteiger partial charge in [-0.15, -0.1) is 0 Å². The topological polar surface area (TPSA) is 78.4 Å². The first-order chi connectivity index (χ1) is 9.40. The molecule has 3 N–H and O–H groups in total. The Hall–Kier alpha value is -2.04. The third kappa shape index (κ3) is 5.30. The molecule has 1 rings (SSSR count). The van der Waals surface area contributed by atoms with Crippen LogP contribution in [0.4, 0.5) is 10.5 Å². The second kappa shape index (κ2) is 7.53. The van der Waals surface area contributed by atoms with Gasteiger partial charge in [0.1, 0.15) is 0 Å². The molecule has 2 amide bonds. The molecule has 0 heterocycles. The Kier molecular flexibility index (Phi) is 6.03. The number of carboxylic acid groups (broad SMARTS) is 1. The summed E-state index contributed by atoms with van der Waals surface area (Å²) in [5.41, 5.74) is 1.34. The third-order valence-electron chi connectivity index (χ3n) is 2.97. The molecular weight excluding hydrogens is 256 g/mol. The molecule has 1 aromatic rings. The first-order valence-electron chi connectivity index (χ1n) is 6.79. The van der Waals surface area contributed by atoms with Gasteiger partial charge in [-0.25, -0.2) is 9.59 Å². The Labute approximate surface area is 119 Å². The molecule has 1 aromatic carbocycles. The summed E-state index contributed by atoms with van der Waals surface area (Å²) in [5.74, 6) is -0.376. The van der Waals surface area contributed by atoms with Gasteiger partial charge in [0.2, 0.25) is 0 Å². The number of urea groups is 1. The molecule has 0 unspecified atom stereocenters. The van der Waals surface area contributed by atoms with Crippen LogP contribution >= 0.6 is 0 Å². The van der Waals surface area contributed by atoms with Crippen LogP contribution in [-0.2, 0) is 0 Å². The zero-order valence-corrected chi connectivity index (χ0v) is 12.2. The van der Waals surface area contributed by atoms with E-state index in [1.54, 1.807) is 19.1 Å². The molecule has 5 heteroatoms. The number of hydrogen-bond acceptors (Lipinski definition) is 2. The highest BCUT2D eigenvalue weighted by molar-refractivity contribution is 5.94. The van der Waals surface area contributed by atoms with Gasteiger partial charge in [0, 0.05) is 12.2 Å². The van der Waals surface area contributed by atoms with Gasteiger partial charge in [0.05, 0.1) is 5.56 Å². The maximum absolute atomic E-state index is 11.7. The van der Waals surface area contributed by atoms with Crippen LogP contribution in [0.2, 0.25) is 0 Å². The van der Waals surface area contributed by atoms with Crippen molar-refractivity contribution in [2.45, 2.75) is 33.6 Å². The number of amides is 2.